The summed E-state index contributed by atoms with van der Waals surface area (Å²) in [4.78, 5) is 20.0. The third-order valence-corrected chi connectivity index (χ3v) is 4.26. The molecule has 0 aromatic carbocycles. The van der Waals surface area contributed by atoms with E-state index < -0.39 is 12.1 Å². The molecule has 1 saturated heterocycles. The Bertz CT molecular complexity index is 562. The van der Waals surface area contributed by atoms with E-state index >= 15 is 0 Å². The van der Waals surface area contributed by atoms with E-state index in [0.29, 0.717) is 5.25 Å². The molecule has 1 atom stereocenters. The number of aromatic nitrogens is 2. The van der Waals surface area contributed by atoms with Crippen LogP contribution in [0.3, 0.4) is 0 Å². The van der Waals surface area contributed by atoms with Gasteiger partial charge in [0.25, 0.3) is 0 Å². The predicted octanol–water partition coefficient (Wildman–Crippen LogP) is 2.20. The molecule has 23 heavy (non-hydrogen) atoms. The van der Waals surface area contributed by atoms with Crippen molar-refractivity contribution in [1.29, 1.82) is 0 Å². The molecular weight excluding hydrogens is 355 g/mol. The third-order valence-electron chi connectivity index (χ3n) is 2.59. The molecule has 2 rings (SSSR count). The van der Waals surface area contributed by atoms with Crippen molar-refractivity contribution in [3.63, 3.8) is 0 Å². The van der Waals surface area contributed by atoms with Crippen molar-refractivity contribution in [3.8, 4) is 0 Å². The highest BCUT2D eigenvalue weighted by Gasteiger charge is 2.38. The van der Waals surface area contributed by atoms with Gasteiger partial charge in [0.15, 0.2) is 5.12 Å². The molecule has 0 radical (unpaired) electrons. The number of nitrogens with zero attached hydrogens (tertiary/aromatic N) is 2. The lowest BCUT2D eigenvalue weighted by Gasteiger charge is -2.24. The van der Waals surface area contributed by atoms with Crippen LogP contribution in [0.25, 0.3) is 6.08 Å². The van der Waals surface area contributed by atoms with Crippen LogP contribution in [0.2, 0.25) is 0 Å². The number of rotatable bonds is 2. The summed E-state index contributed by atoms with van der Waals surface area (Å²) >= 11 is 2.76. The number of aliphatic carboxylic acids is 1. The minimum atomic E-state index is -5.08. The smallest absolute Gasteiger partial charge is 0.475 e. The van der Waals surface area contributed by atoms with Gasteiger partial charge in [-0.25, -0.2) is 4.79 Å². The summed E-state index contributed by atoms with van der Waals surface area (Å²) in [7, 11) is 0. The number of carboxylic acid groups (broad SMARTS) is 1. The number of nitrogens with one attached hydrogen (secondary N) is 1. The zero-order chi connectivity index (χ0) is 17.5. The Hall–Kier alpha value is -1.46. The van der Waals surface area contributed by atoms with Crippen LogP contribution in [0.5, 0.6) is 0 Å². The van der Waals surface area contributed by atoms with Gasteiger partial charge in [-0.15, -0.1) is 5.10 Å². The highest BCUT2D eigenvalue weighted by Crippen LogP contribution is 2.26. The molecule has 1 fully saturated rings. The van der Waals surface area contributed by atoms with E-state index in [1.807, 2.05) is 11.5 Å². The molecule has 0 amide bonds. The quantitative estimate of drug-likeness (QED) is 0.826. The molecule has 1 aliphatic heterocycles. The summed E-state index contributed by atoms with van der Waals surface area (Å²) in [6, 6.07) is 0. The molecule has 0 bridgehead atoms. The number of piperidine rings is 1. The van der Waals surface area contributed by atoms with Crippen LogP contribution in [-0.4, -0.2) is 50.3 Å². The Labute approximate surface area is 138 Å². The van der Waals surface area contributed by atoms with E-state index in [4.69, 9.17) is 9.90 Å². The standard InChI is InChI=1S/C10H13N3OS2.C2HF3O2/c1-7(14)16-10-2-3-11-5-8(10)4-9-6-15-13-12-9;3-2(4,5)1(6)7/h4,6,10-11H,2-3,5H2,1H3;(H,6,7). The van der Waals surface area contributed by atoms with Gasteiger partial charge < -0.3 is 10.4 Å². The van der Waals surface area contributed by atoms with Crippen molar-refractivity contribution in [2.45, 2.75) is 24.8 Å². The maximum atomic E-state index is 11.1. The van der Waals surface area contributed by atoms with E-state index in [2.05, 4.69) is 14.9 Å². The van der Waals surface area contributed by atoms with Crippen molar-refractivity contribution in [2.24, 2.45) is 0 Å². The number of halogens is 3. The molecule has 11 heteroatoms. The van der Waals surface area contributed by atoms with Crippen LogP contribution in [0.4, 0.5) is 13.2 Å². The second-order valence-electron chi connectivity index (χ2n) is 4.42. The van der Waals surface area contributed by atoms with Crippen molar-refractivity contribution in [3.05, 3.63) is 16.6 Å². The van der Waals surface area contributed by atoms with Crippen molar-refractivity contribution in [2.75, 3.05) is 13.1 Å². The van der Waals surface area contributed by atoms with Crippen LogP contribution in [0, 0.1) is 0 Å². The molecule has 1 aromatic heterocycles. The maximum absolute atomic E-state index is 11.1. The molecule has 2 heterocycles. The van der Waals surface area contributed by atoms with Gasteiger partial charge in [0, 0.05) is 24.1 Å². The van der Waals surface area contributed by atoms with Gasteiger partial charge in [-0.05, 0) is 36.1 Å². The third kappa shape index (κ3) is 7.57. The van der Waals surface area contributed by atoms with E-state index in [9.17, 15) is 18.0 Å². The highest BCUT2D eigenvalue weighted by molar-refractivity contribution is 8.14. The zero-order valence-electron chi connectivity index (χ0n) is 12.0. The number of thioether (sulfide) groups is 1. The number of hydrogen-bond donors (Lipinski definition) is 2. The number of carbonyl (C=O) groups is 2. The number of hydrogen-bond acceptors (Lipinski definition) is 7. The maximum Gasteiger partial charge on any atom is 0.490 e. The lowest BCUT2D eigenvalue weighted by molar-refractivity contribution is -0.192. The molecule has 0 spiro atoms. The topological polar surface area (TPSA) is 92.2 Å². The van der Waals surface area contributed by atoms with Crippen LogP contribution in [-0.2, 0) is 9.59 Å². The second-order valence-corrected chi connectivity index (χ2v) is 6.40. The molecule has 0 saturated carbocycles. The molecule has 2 N–H and O–H groups in total. The summed E-state index contributed by atoms with van der Waals surface area (Å²) in [6.45, 7) is 3.43. The van der Waals surface area contributed by atoms with Gasteiger partial charge in [-0.1, -0.05) is 16.3 Å². The summed E-state index contributed by atoms with van der Waals surface area (Å²) in [5, 5.41) is 16.8. The lowest BCUT2D eigenvalue weighted by atomic mass is 10.1. The fourth-order valence-corrected chi connectivity index (χ4v) is 3.02. The van der Waals surface area contributed by atoms with Crippen molar-refractivity contribution in [1.82, 2.24) is 14.9 Å². The summed E-state index contributed by atoms with van der Waals surface area (Å²) < 4.78 is 35.6. The van der Waals surface area contributed by atoms with Gasteiger partial charge in [0.2, 0.25) is 0 Å². The molecule has 0 aliphatic carbocycles. The van der Waals surface area contributed by atoms with E-state index in [-0.39, 0.29) is 5.12 Å². The summed E-state index contributed by atoms with van der Waals surface area (Å²) in [6.07, 6.45) is -2.05. The Kier molecular flexibility index (Phi) is 7.65. The highest BCUT2D eigenvalue weighted by atomic mass is 32.2. The zero-order valence-corrected chi connectivity index (χ0v) is 13.6. The molecule has 128 valence electrons. The Balaban J connectivity index is 0.000000322. The number of alkyl halides is 3. The average Bonchev–Trinajstić information content (AvgIpc) is 2.93. The second kappa shape index (κ2) is 8.99. The first-order chi connectivity index (χ1) is 10.7. The molecule has 1 aromatic rings. The first-order valence-electron chi connectivity index (χ1n) is 6.35. The Morgan fingerprint density at radius 3 is 2.65 bits per heavy atom. The monoisotopic (exact) mass is 369 g/mol. The van der Waals surface area contributed by atoms with E-state index in [1.165, 1.54) is 28.9 Å². The van der Waals surface area contributed by atoms with Gasteiger partial charge >= 0.3 is 12.1 Å². The van der Waals surface area contributed by atoms with Crippen LogP contribution >= 0.6 is 23.3 Å². The van der Waals surface area contributed by atoms with Gasteiger partial charge in [-0.2, -0.15) is 13.2 Å². The van der Waals surface area contributed by atoms with Gasteiger partial charge in [-0.3, -0.25) is 4.79 Å². The van der Waals surface area contributed by atoms with Crippen molar-refractivity contribution >= 4 is 40.5 Å². The normalized spacial score (nSPS) is 19.8. The summed E-state index contributed by atoms with van der Waals surface area (Å²) in [5.74, 6) is -2.76. The van der Waals surface area contributed by atoms with Gasteiger partial charge in [0.05, 0.1) is 5.69 Å². The molecule has 6 nitrogen and oxygen atoms in total. The van der Waals surface area contributed by atoms with Crippen LogP contribution < -0.4 is 5.32 Å². The Morgan fingerprint density at radius 1 is 1.52 bits per heavy atom. The van der Waals surface area contributed by atoms with E-state index in [0.717, 1.165) is 25.2 Å². The SMILES string of the molecule is CC(=O)SC1CCNCC1=Cc1csnn1.O=C(O)C(F)(F)F. The fraction of sp³-hybridized carbons (Fsp3) is 0.500. The lowest BCUT2D eigenvalue weighted by Crippen LogP contribution is -2.32. The molecule has 1 unspecified atom stereocenters. The summed E-state index contributed by atoms with van der Waals surface area (Å²) in [5.41, 5.74) is 2.12. The first-order valence-corrected chi connectivity index (χ1v) is 8.07. The number of carbonyl (C=O) groups excluding carboxylic acids is 1. The minimum absolute atomic E-state index is 0.175. The number of carboxylic acids is 1. The van der Waals surface area contributed by atoms with Crippen LogP contribution in [0.1, 0.15) is 19.0 Å². The fourth-order valence-electron chi connectivity index (χ4n) is 1.67. The van der Waals surface area contributed by atoms with Crippen LogP contribution in [0.15, 0.2) is 11.0 Å². The Morgan fingerprint density at radius 2 is 2.17 bits per heavy atom. The first kappa shape index (κ1) is 19.6. The van der Waals surface area contributed by atoms with Crippen molar-refractivity contribution < 1.29 is 27.9 Å². The molecular formula is C12H14F3N3O3S2. The molecule has 1 aliphatic rings. The predicted molar refractivity (Wildman–Crippen MR) is 81.1 cm³/mol. The largest absolute Gasteiger partial charge is 0.490 e. The average molecular weight is 369 g/mol. The minimum Gasteiger partial charge on any atom is -0.475 e. The van der Waals surface area contributed by atoms with E-state index in [1.54, 1.807) is 6.92 Å². The van der Waals surface area contributed by atoms with Gasteiger partial charge in [0.1, 0.15) is 0 Å².